The van der Waals surface area contributed by atoms with Gasteiger partial charge in [-0.05, 0) is 43.1 Å². The number of carboxylic acids is 1. The number of carbonyl (C=O) groups excluding carboxylic acids is 1. The Morgan fingerprint density at radius 2 is 1.88 bits per heavy atom. The Labute approximate surface area is 203 Å². The van der Waals surface area contributed by atoms with Crippen molar-refractivity contribution >= 4 is 17.8 Å². The molecule has 184 valence electrons. The number of benzene rings is 1. The molecule has 0 bridgehead atoms. The van der Waals surface area contributed by atoms with E-state index in [1.807, 2.05) is 13.8 Å². The van der Waals surface area contributed by atoms with Crippen LogP contribution in [0.3, 0.4) is 0 Å². The number of rotatable bonds is 11. The molecule has 3 rings (SSSR count). The molecule has 0 saturated carbocycles. The number of anilines is 1. The molecular formula is C27H38N4O3. The van der Waals surface area contributed by atoms with Gasteiger partial charge in [-0.2, -0.15) is 0 Å². The molecule has 1 aromatic carbocycles. The van der Waals surface area contributed by atoms with Crippen LogP contribution >= 0.6 is 0 Å². The lowest BCUT2D eigenvalue weighted by Crippen LogP contribution is -2.38. The van der Waals surface area contributed by atoms with E-state index in [0.717, 1.165) is 44.5 Å². The van der Waals surface area contributed by atoms with Crippen LogP contribution in [-0.4, -0.2) is 58.0 Å². The van der Waals surface area contributed by atoms with E-state index >= 15 is 0 Å². The van der Waals surface area contributed by atoms with Crippen molar-refractivity contribution in [2.45, 2.75) is 59.3 Å². The first-order chi connectivity index (χ1) is 16.4. The van der Waals surface area contributed by atoms with Crippen LogP contribution < -0.4 is 4.90 Å². The summed E-state index contributed by atoms with van der Waals surface area (Å²) in [4.78, 5) is 37.7. The highest BCUT2D eigenvalue weighted by molar-refractivity contribution is 5.95. The van der Waals surface area contributed by atoms with E-state index in [0.29, 0.717) is 30.4 Å². The normalized spacial score (nSPS) is 14.4. The van der Waals surface area contributed by atoms with Crippen molar-refractivity contribution in [1.29, 1.82) is 0 Å². The van der Waals surface area contributed by atoms with Gasteiger partial charge in [-0.15, -0.1) is 0 Å². The molecule has 1 N–H and O–H groups in total. The molecule has 2 aromatic rings. The Morgan fingerprint density at radius 1 is 1.18 bits per heavy atom. The second-order valence-electron chi connectivity index (χ2n) is 9.69. The van der Waals surface area contributed by atoms with Gasteiger partial charge < -0.3 is 14.9 Å². The average Bonchev–Trinajstić information content (AvgIpc) is 2.82. The summed E-state index contributed by atoms with van der Waals surface area (Å²) in [5.41, 5.74) is 2.64. The zero-order valence-corrected chi connectivity index (χ0v) is 20.7. The summed E-state index contributed by atoms with van der Waals surface area (Å²) in [5, 5.41) is 9.10. The molecular weight excluding hydrogens is 428 g/mol. The minimum atomic E-state index is -0.905. The van der Waals surface area contributed by atoms with Crippen molar-refractivity contribution in [3.63, 3.8) is 0 Å². The Kier molecular flexibility index (Phi) is 9.42. The zero-order chi connectivity index (χ0) is 24.5. The number of aryl methyl sites for hydroxylation is 1. The largest absolute Gasteiger partial charge is 0.481 e. The predicted octanol–water partition coefficient (Wildman–Crippen LogP) is 4.46. The molecule has 1 amide bonds. The smallest absolute Gasteiger partial charge is 0.305 e. The maximum Gasteiger partial charge on any atom is 0.305 e. The number of carbonyl (C=O) groups is 2. The van der Waals surface area contributed by atoms with E-state index in [4.69, 9.17) is 10.1 Å². The van der Waals surface area contributed by atoms with E-state index in [1.165, 1.54) is 5.56 Å². The van der Waals surface area contributed by atoms with Gasteiger partial charge in [0, 0.05) is 32.4 Å². The SMILES string of the molecule is CCCc1nc(N2CCC(Cc3ccccc3)CC2)ncc1C(=O)N(CCC(=O)O)CC(C)C. The van der Waals surface area contributed by atoms with Gasteiger partial charge in [0.15, 0.2) is 0 Å². The van der Waals surface area contributed by atoms with Gasteiger partial charge in [-0.1, -0.05) is 57.5 Å². The molecule has 0 radical (unpaired) electrons. The van der Waals surface area contributed by atoms with E-state index in [9.17, 15) is 9.59 Å². The van der Waals surface area contributed by atoms with Crippen LogP contribution in [0.2, 0.25) is 0 Å². The molecule has 1 fully saturated rings. The highest BCUT2D eigenvalue weighted by Crippen LogP contribution is 2.25. The van der Waals surface area contributed by atoms with Crippen LogP contribution in [0.15, 0.2) is 36.5 Å². The lowest BCUT2D eigenvalue weighted by atomic mass is 9.90. The number of carboxylic acid groups (broad SMARTS) is 1. The van der Waals surface area contributed by atoms with Crippen molar-refractivity contribution in [3.8, 4) is 0 Å². The fourth-order valence-corrected chi connectivity index (χ4v) is 4.57. The summed E-state index contributed by atoms with van der Waals surface area (Å²) >= 11 is 0. The number of hydrogen-bond acceptors (Lipinski definition) is 5. The third-order valence-electron chi connectivity index (χ3n) is 6.31. The first kappa shape index (κ1) is 25.7. The third-order valence-corrected chi connectivity index (χ3v) is 6.31. The number of piperidine rings is 1. The minimum absolute atomic E-state index is 0.0710. The van der Waals surface area contributed by atoms with E-state index in [2.05, 4.69) is 47.1 Å². The molecule has 34 heavy (non-hydrogen) atoms. The van der Waals surface area contributed by atoms with Crippen molar-refractivity contribution < 1.29 is 14.7 Å². The van der Waals surface area contributed by atoms with E-state index in [1.54, 1.807) is 11.1 Å². The summed E-state index contributed by atoms with van der Waals surface area (Å²) in [5.74, 6) is 0.515. The number of aromatic nitrogens is 2. The van der Waals surface area contributed by atoms with Gasteiger partial charge in [-0.25, -0.2) is 9.97 Å². The molecule has 0 aliphatic carbocycles. The van der Waals surface area contributed by atoms with Crippen molar-refractivity contribution in [3.05, 3.63) is 53.3 Å². The van der Waals surface area contributed by atoms with Gasteiger partial charge in [0.05, 0.1) is 17.7 Å². The molecule has 1 aliphatic rings. The first-order valence-electron chi connectivity index (χ1n) is 12.5. The van der Waals surface area contributed by atoms with Gasteiger partial charge in [0.2, 0.25) is 5.95 Å². The standard InChI is InChI=1S/C27H38N4O3/c1-4-8-24-23(26(34)31(19-20(2)3)16-13-25(32)33)18-28-27(29-24)30-14-11-22(12-15-30)17-21-9-6-5-7-10-21/h5-7,9-10,18,20,22H,4,8,11-17,19H2,1-3H3,(H,32,33). The zero-order valence-electron chi connectivity index (χ0n) is 20.7. The molecule has 1 aromatic heterocycles. The lowest BCUT2D eigenvalue weighted by molar-refractivity contribution is -0.137. The number of nitrogens with zero attached hydrogens (tertiary/aromatic N) is 4. The van der Waals surface area contributed by atoms with E-state index in [-0.39, 0.29) is 24.8 Å². The highest BCUT2D eigenvalue weighted by Gasteiger charge is 2.25. The number of hydrogen-bond donors (Lipinski definition) is 1. The second-order valence-corrected chi connectivity index (χ2v) is 9.69. The summed E-state index contributed by atoms with van der Waals surface area (Å²) in [6.07, 6.45) is 6.44. The highest BCUT2D eigenvalue weighted by atomic mass is 16.4. The Hall–Kier alpha value is -2.96. The maximum absolute atomic E-state index is 13.3. The van der Waals surface area contributed by atoms with Crippen molar-refractivity contribution in [1.82, 2.24) is 14.9 Å². The average molecular weight is 467 g/mol. The molecule has 1 aliphatic heterocycles. The van der Waals surface area contributed by atoms with Crippen LogP contribution in [0.5, 0.6) is 0 Å². The minimum Gasteiger partial charge on any atom is -0.481 e. The molecule has 2 heterocycles. The molecule has 0 spiro atoms. The lowest BCUT2D eigenvalue weighted by Gasteiger charge is -2.32. The van der Waals surface area contributed by atoms with Crippen LogP contribution in [-0.2, 0) is 17.6 Å². The summed E-state index contributed by atoms with van der Waals surface area (Å²) < 4.78 is 0. The van der Waals surface area contributed by atoms with Gasteiger partial charge in [-0.3, -0.25) is 9.59 Å². The van der Waals surface area contributed by atoms with Crippen LogP contribution in [0.1, 0.15) is 68.1 Å². The van der Waals surface area contributed by atoms with Crippen molar-refractivity contribution in [2.75, 3.05) is 31.1 Å². The molecule has 7 nitrogen and oxygen atoms in total. The molecule has 0 unspecified atom stereocenters. The molecule has 7 heteroatoms. The van der Waals surface area contributed by atoms with Crippen LogP contribution in [0.25, 0.3) is 0 Å². The Morgan fingerprint density at radius 3 is 2.50 bits per heavy atom. The molecule has 1 saturated heterocycles. The molecule has 0 atom stereocenters. The topological polar surface area (TPSA) is 86.6 Å². The van der Waals surface area contributed by atoms with Crippen molar-refractivity contribution in [2.24, 2.45) is 11.8 Å². The fourth-order valence-electron chi connectivity index (χ4n) is 4.57. The second kappa shape index (κ2) is 12.5. The Bertz CT molecular complexity index is 940. The summed E-state index contributed by atoms with van der Waals surface area (Å²) in [6, 6.07) is 10.6. The van der Waals surface area contributed by atoms with Gasteiger partial charge >= 0.3 is 5.97 Å². The predicted molar refractivity (Wildman–Crippen MR) is 134 cm³/mol. The van der Waals surface area contributed by atoms with Crippen LogP contribution in [0, 0.1) is 11.8 Å². The summed E-state index contributed by atoms with van der Waals surface area (Å²) in [7, 11) is 0. The third kappa shape index (κ3) is 7.27. The fraction of sp³-hybridized carbons (Fsp3) is 0.556. The Balaban J connectivity index is 1.70. The summed E-state index contributed by atoms with van der Waals surface area (Å²) in [6.45, 7) is 8.64. The maximum atomic E-state index is 13.3. The number of amides is 1. The van der Waals surface area contributed by atoms with Gasteiger partial charge in [0.1, 0.15) is 0 Å². The monoisotopic (exact) mass is 466 g/mol. The first-order valence-corrected chi connectivity index (χ1v) is 12.5. The van der Waals surface area contributed by atoms with Gasteiger partial charge in [0.25, 0.3) is 5.91 Å². The van der Waals surface area contributed by atoms with Crippen LogP contribution in [0.4, 0.5) is 5.95 Å². The van der Waals surface area contributed by atoms with E-state index < -0.39 is 5.97 Å². The quantitative estimate of drug-likeness (QED) is 0.526. The number of aliphatic carboxylic acids is 1.